The number of aryl methyl sites for hydroxylation is 2. The van der Waals surface area contributed by atoms with Crippen molar-refractivity contribution in [2.45, 2.75) is 31.7 Å². The van der Waals surface area contributed by atoms with Crippen molar-refractivity contribution < 1.29 is 4.79 Å². The lowest BCUT2D eigenvalue weighted by Gasteiger charge is -2.09. The number of hydrogen-bond acceptors (Lipinski definition) is 3. The fraction of sp³-hybridized carbons (Fsp3) is 0.583. The van der Waals surface area contributed by atoms with Gasteiger partial charge in [0, 0.05) is 17.5 Å². The van der Waals surface area contributed by atoms with Crippen LogP contribution in [-0.4, -0.2) is 25.0 Å². The van der Waals surface area contributed by atoms with Crippen LogP contribution in [0.3, 0.4) is 0 Å². The lowest BCUT2D eigenvalue weighted by Crippen LogP contribution is -2.35. The van der Waals surface area contributed by atoms with Crippen molar-refractivity contribution in [2.75, 3.05) is 13.1 Å². The van der Waals surface area contributed by atoms with E-state index in [-0.39, 0.29) is 5.91 Å². The lowest BCUT2D eigenvalue weighted by atomic mass is 10.2. The van der Waals surface area contributed by atoms with Gasteiger partial charge in [0.25, 0.3) is 5.91 Å². The molecule has 86 valence electrons. The number of thiophene rings is 1. The maximum absolute atomic E-state index is 12.0. The molecule has 1 unspecified atom stereocenters. The number of fused-ring (bicyclic) bond motifs is 1. The van der Waals surface area contributed by atoms with Crippen molar-refractivity contribution in [2.24, 2.45) is 0 Å². The largest absolute Gasteiger partial charge is 0.347 e. The minimum atomic E-state index is 0.119. The number of amides is 1. The second-order valence-electron chi connectivity index (χ2n) is 4.58. The maximum Gasteiger partial charge on any atom is 0.261 e. The molecule has 0 spiro atoms. The molecule has 0 saturated carbocycles. The number of rotatable bonds is 2. The van der Waals surface area contributed by atoms with Gasteiger partial charge in [0.05, 0.1) is 4.88 Å². The van der Waals surface area contributed by atoms with Gasteiger partial charge in [0.15, 0.2) is 0 Å². The molecule has 1 fully saturated rings. The minimum Gasteiger partial charge on any atom is -0.347 e. The smallest absolute Gasteiger partial charge is 0.261 e. The van der Waals surface area contributed by atoms with Gasteiger partial charge in [0.1, 0.15) is 0 Å². The van der Waals surface area contributed by atoms with E-state index in [2.05, 4.69) is 16.7 Å². The first-order chi connectivity index (χ1) is 7.83. The molecule has 0 radical (unpaired) electrons. The van der Waals surface area contributed by atoms with E-state index in [4.69, 9.17) is 0 Å². The number of nitrogens with one attached hydrogen (secondary N) is 2. The first kappa shape index (κ1) is 10.3. The third-order valence-electron chi connectivity index (χ3n) is 3.37. The molecular weight excluding hydrogens is 220 g/mol. The Balaban J connectivity index is 1.69. The molecule has 1 atom stereocenters. The van der Waals surface area contributed by atoms with Gasteiger partial charge in [-0.1, -0.05) is 0 Å². The molecule has 2 heterocycles. The van der Waals surface area contributed by atoms with Crippen molar-refractivity contribution in [3.63, 3.8) is 0 Å². The van der Waals surface area contributed by atoms with Gasteiger partial charge in [-0.05, 0) is 43.9 Å². The van der Waals surface area contributed by atoms with Crippen LogP contribution in [0, 0.1) is 0 Å². The summed E-state index contributed by atoms with van der Waals surface area (Å²) in [7, 11) is 0. The summed E-state index contributed by atoms with van der Waals surface area (Å²) in [5, 5.41) is 6.35. The Morgan fingerprint density at radius 2 is 2.44 bits per heavy atom. The molecule has 1 aromatic rings. The molecule has 1 aliphatic heterocycles. The minimum absolute atomic E-state index is 0.119. The van der Waals surface area contributed by atoms with Gasteiger partial charge in [-0.2, -0.15) is 0 Å². The molecule has 4 heteroatoms. The summed E-state index contributed by atoms with van der Waals surface area (Å²) in [5.41, 5.74) is 1.40. The number of hydrogen-bond donors (Lipinski definition) is 2. The second kappa shape index (κ2) is 4.18. The first-order valence-electron chi connectivity index (χ1n) is 5.96. The van der Waals surface area contributed by atoms with Crippen molar-refractivity contribution in [3.05, 3.63) is 21.4 Å². The maximum atomic E-state index is 12.0. The van der Waals surface area contributed by atoms with Gasteiger partial charge in [-0.25, -0.2) is 0 Å². The van der Waals surface area contributed by atoms with Crippen LogP contribution in [0.1, 0.15) is 33.0 Å². The van der Waals surface area contributed by atoms with E-state index in [0.717, 1.165) is 37.2 Å². The van der Waals surface area contributed by atoms with E-state index < -0.39 is 0 Å². The van der Waals surface area contributed by atoms with Gasteiger partial charge in [-0.15, -0.1) is 11.3 Å². The quantitative estimate of drug-likeness (QED) is 0.813. The Morgan fingerprint density at radius 3 is 3.19 bits per heavy atom. The van der Waals surface area contributed by atoms with Crippen molar-refractivity contribution in [3.8, 4) is 0 Å². The van der Waals surface area contributed by atoms with Crippen molar-refractivity contribution >= 4 is 17.2 Å². The zero-order valence-corrected chi connectivity index (χ0v) is 10.0. The van der Waals surface area contributed by atoms with Gasteiger partial charge < -0.3 is 10.6 Å². The normalized spacial score (nSPS) is 23.4. The fourth-order valence-corrected chi connectivity index (χ4v) is 3.63. The molecule has 1 saturated heterocycles. The van der Waals surface area contributed by atoms with Gasteiger partial charge in [0.2, 0.25) is 0 Å². The summed E-state index contributed by atoms with van der Waals surface area (Å²) in [4.78, 5) is 14.3. The number of carbonyl (C=O) groups is 1. The van der Waals surface area contributed by atoms with Crippen LogP contribution in [0.2, 0.25) is 0 Å². The zero-order chi connectivity index (χ0) is 11.0. The van der Waals surface area contributed by atoms with Crippen LogP contribution in [0.5, 0.6) is 0 Å². The fourth-order valence-electron chi connectivity index (χ4n) is 2.48. The van der Waals surface area contributed by atoms with Gasteiger partial charge >= 0.3 is 0 Å². The molecule has 0 bridgehead atoms. The monoisotopic (exact) mass is 236 g/mol. The highest BCUT2D eigenvalue weighted by Crippen LogP contribution is 2.30. The zero-order valence-electron chi connectivity index (χ0n) is 9.21. The highest BCUT2D eigenvalue weighted by atomic mass is 32.1. The van der Waals surface area contributed by atoms with Crippen molar-refractivity contribution in [1.29, 1.82) is 0 Å². The Morgan fingerprint density at radius 1 is 1.50 bits per heavy atom. The number of carbonyl (C=O) groups excluding carboxylic acids is 1. The average Bonchev–Trinajstić information content (AvgIpc) is 2.91. The summed E-state index contributed by atoms with van der Waals surface area (Å²) in [6.07, 6.45) is 4.63. The molecule has 2 aliphatic rings. The standard InChI is InChI=1S/C12H16N2OS/c15-12(14-9-4-5-13-7-9)11-6-8-2-1-3-10(8)16-11/h6,9,13H,1-5,7H2,(H,14,15). The topological polar surface area (TPSA) is 41.1 Å². The summed E-state index contributed by atoms with van der Waals surface area (Å²) in [5.74, 6) is 0.119. The summed E-state index contributed by atoms with van der Waals surface area (Å²) < 4.78 is 0. The highest BCUT2D eigenvalue weighted by molar-refractivity contribution is 7.14. The summed E-state index contributed by atoms with van der Waals surface area (Å²) in [6, 6.07) is 2.41. The molecular formula is C12H16N2OS. The molecule has 1 aromatic heterocycles. The molecule has 2 N–H and O–H groups in total. The van der Waals surface area contributed by atoms with Crippen LogP contribution in [-0.2, 0) is 12.8 Å². The molecule has 3 rings (SSSR count). The van der Waals surface area contributed by atoms with E-state index in [9.17, 15) is 4.79 Å². The van der Waals surface area contributed by atoms with Crippen LogP contribution in [0.25, 0.3) is 0 Å². The van der Waals surface area contributed by atoms with E-state index in [1.54, 1.807) is 11.3 Å². The van der Waals surface area contributed by atoms with Crippen LogP contribution in [0.4, 0.5) is 0 Å². The van der Waals surface area contributed by atoms with Crippen molar-refractivity contribution in [1.82, 2.24) is 10.6 Å². The van der Waals surface area contributed by atoms with Crippen LogP contribution < -0.4 is 10.6 Å². The second-order valence-corrected chi connectivity index (χ2v) is 5.71. The summed E-state index contributed by atoms with van der Waals surface area (Å²) >= 11 is 1.68. The van der Waals surface area contributed by atoms with Crippen LogP contribution >= 0.6 is 11.3 Å². The van der Waals surface area contributed by atoms with E-state index in [0.29, 0.717) is 6.04 Å². The Hall–Kier alpha value is -0.870. The summed E-state index contributed by atoms with van der Waals surface area (Å²) in [6.45, 7) is 1.93. The molecule has 3 nitrogen and oxygen atoms in total. The Labute approximate surface area is 99.2 Å². The predicted molar refractivity (Wildman–Crippen MR) is 65.1 cm³/mol. The predicted octanol–water partition coefficient (Wildman–Crippen LogP) is 1.33. The molecule has 1 amide bonds. The van der Waals surface area contributed by atoms with E-state index >= 15 is 0 Å². The Bertz CT molecular complexity index is 386. The third-order valence-corrected chi connectivity index (χ3v) is 4.60. The molecule has 0 aromatic carbocycles. The SMILES string of the molecule is O=C(NC1CCNC1)c1cc2c(s1)CCC2. The molecule has 1 aliphatic carbocycles. The Kier molecular flexibility index (Phi) is 2.69. The highest BCUT2D eigenvalue weighted by Gasteiger charge is 2.21. The lowest BCUT2D eigenvalue weighted by molar-refractivity contribution is 0.0944. The third kappa shape index (κ3) is 1.87. The van der Waals surface area contributed by atoms with Crippen LogP contribution in [0.15, 0.2) is 6.07 Å². The average molecular weight is 236 g/mol. The molecule has 16 heavy (non-hydrogen) atoms. The first-order valence-corrected chi connectivity index (χ1v) is 6.78. The van der Waals surface area contributed by atoms with E-state index in [1.807, 2.05) is 0 Å². The van der Waals surface area contributed by atoms with E-state index in [1.165, 1.54) is 16.9 Å². The van der Waals surface area contributed by atoms with Gasteiger partial charge in [-0.3, -0.25) is 4.79 Å².